The molecule has 1 aromatic heterocycles. The Morgan fingerprint density at radius 2 is 2.28 bits per heavy atom. The first kappa shape index (κ1) is 13.0. The highest BCUT2D eigenvalue weighted by Gasteiger charge is 2.11. The summed E-state index contributed by atoms with van der Waals surface area (Å²) < 4.78 is 2.12. The zero-order valence-corrected chi connectivity index (χ0v) is 11.3. The van der Waals surface area contributed by atoms with Crippen LogP contribution in [0, 0.1) is 0 Å². The average Bonchev–Trinajstić information content (AvgIpc) is 2.73. The van der Waals surface area contributed by atoms with Crippen LogP contribution in [0.2, 0.25) is 0 Å². The molecule has 0 amide bonds. The Hall–Kier alpha value is -1.49. The van der Waals surface area contributed by atoms with Crippen LogP contribution in [-0.2, 0) is 13.0 Å². The molecule has 0 aliphatic carbocycles. The molecular weight excluding hydrogens is 248 g/mol. The first-order chi connectivity index (χ1) is 8.67. The number of nitrogens with zero attached hydrogens (tertiary/aromatic N) is 2. The van der Waals surface area contributed by atoms with Gasteiger partial charge in [0, 0.05) is 18.7 Å². The molecule has 1 N–H and O–H groups in total. The van der Waals surface area contributed by atoms with Gasteiger partial charge in [0.15, 0.2) is 0 Å². The number of thioether (sulfide) groups is 1. The highest BCUT2D eigenvalue weighted by Crippen LogP contribution is 2.19. The van der Waals surface area contributed by atoms with E-state index in [1.165, 1.54) is 0 Å². The number of carbonyl (C=O) groups is 1. The van der Waals surface area contributed by atoms with Gasteiger partial charge in [-0.15, -0.1) is 0 Å². The summed E-state index contributed by atoms with van der Waals surface area (Å²) in [7, 11) is 0. The third kappa shape index (κ3) is 2.36. The molecule has 1 aromatic carbocycles. The lowest BCUT2D eigenvalue weighted by Crippen LogP contribution is -2.05. The lowest BCUT2D eigenvalue weighted by atomic mass is 10.2. The Labute approximate surface area is 110 Å². The molecule has 0 aliphatic rings. The van der Waals surface area contributed by atoms with Crippen LogP contribution in [0.5, 0.6) is 0 Å². The number of benzene rings is 1. The van der Waals surface area contributed by atoms with Gasteiger partial charge in [-0.2, -0.15) is 11.8 Å². The van der Waals surface area contributed by atoms with E-state index in [-0.39, 0.29) is 0 Å². The number of imidazole rings is 1. The van der Waals surface area contributed by atoms with Crippen molar-refractivity contribution in [2.24, 2.45) is 0 Å². The van der Waals surface area contributed by atoms with Gasteiger partial charge in [0.2, 0.25) is 0 Å². The Morgan fingerprint density at radius 3 is 2.89 bits per heavy atom. The Morgan fingerprint density at radius 1 is 1.50 bits per heavy atom. The monoisotopic (exact) mass is 264 g/mol. The number of rotatable bonds is 5. The van der Waals surface area contributed by atoms with Gasteiger partial charge in [0.1, 0.15) is 5.82 Å². The van der Waals surface area contributed by atoms with E-state index in [0.717, 1.165) is 35.6 Å². The second-order valence-electron chi connectivity index (χ2n) is 4.03. The van der Waals surface area contributed by atoms with Crippen molar-refractivity contribution in [3.8, 4) is 0 Å². The summed E-state index contributed by atoms with van der Waals surface area (Å²) in [4.78, 5) is 15.6. The van der Waals surface area contributed by atoms with Crippen molar-refractivity contribution in [2.45, 2.75) is 19.9 Å². The smallest absolute Gasteiger partial charge is 0.335 e. The minimum Gasteiger partial charge on any atom is -0.478 e. The predicted octanol–water partition coefficient (Wildman–Crippen LogP) is 2.66. The van der Waals surface area contributed by atoms with Gasteiger partial charge < -0.3 is 9.67 Å². The zero-order valence-electron chi connectivity index (χ0n) is 10.5. The van der Waals surface area contributed by atoms with Gasteiger partial charge in [0.25, 0.3) is 0 Å². The van der Waals surface area contributed by atoms with E-state index in [1.807, 2.05) is 0 Å². The summed E-state index contributed by atoms with van der Waals surface area (Å²) in [5.41, 5.74) is 2.11. The largest absolute Gasteiger partial charge is 0.478 e. The molecule has 96 valence electrons. The molecule has 2 rings (SSSR count). The van der Waals surface area contributed by atoms with E-state index < -0.39 is 5.97 Å². The highest BCUT2D eigenvalue weighted by molar-refractivity contribution is 7.98. The van der Waals surface area contributed by atoms with Crippen molar-refractivity contribution in [3.63, 3.8) is 0 Å². The first-order valence-electron chi connectivity index (χ1n) is 5.88. The minimum atomic E-state index is -0.896. The molecule has 5 heteroatoms. The van der Waals surface area contributed by atoms with Gasteiger partial charge in [-0.3, -0.25) is 0 Å². The normalized spacial score (nSPS) is 11.0. The number of aryl methyl sites for hydroxylation is 2. The fourth-order valence-corrected chi connectivity index (χ4v) is 2.37. The predicted molar refractivity (Wildman–Crippen MR) is 74.5 cm³/mol. The first-order valence-corrected chi connectivity index (χ1v) is 7.28. The van der Waals surface area contributed by atoms with Crippen LogP contribution in [0.25, 0.3) is 11.0 Å². The quantitative estimate of drug-likeness (QED) is 0.902. The second kappa shape index (κ2) is 5.44. The lowest BCUT2D eigenvalue weighted by molar-refractivity contribution is 0.0697. The molecule has 0 bridgehead atoms. The number of aromatic carboxylic acids is 1. The van der Waals surface area contributed by atoms with E-state index in [2.05, 4.69) is 22.7 Å². The molecule has 1 heterocycles. The van der Waals surface area contributed by atoms with E-state index in [4.69, 9.17) is 5.11 Å². The molecule has 0 saturated carbocycles. The molecule has 0 atom stereocenters. The van der Waals surface area contributed by atoms with Crippen molar-refractivity contribution in [1.82, 2.24) is 9.55 Å². The molecule has 0 saturated heterocycles. The van der Waals surface area contributed by atoms with E-state index in [0.29, 0.717) is 5.56 Å². The lowest BCUT2D eigenvalue weighted by Gasteiger charge is -2.07. The van der Waals surface area contributed by atoms with E-state index >= 15 is 0 Å². The standard InChI is InChI=1S/C13H16N2O2S/c1-3-12-14-10-5-4-9(13(16)17)8-11(10)15(12)6-7-18-2/h4-5,8H,3,6-7H2,1-2H3,(H,16,17). The van der Waals surface area contributed by atoms with E-state index in [1.54, 1.807) is 30.0 Å². The fourth-order valence-electron chi connectivity index (χ4n) is 2.01. The fraction of sp³-hybridized carbons (Fsp3) is 0.385. The third-order valence-corrected chi connectivity index (χ3v) is 3.50. The van der Waals surface area contributed by atoms with Crippen molar-refractivity contribution >= 4 is 28.8 Å². The van der Waals surface area contributed by atoms with Crippen molar-refractivity contribution < 1.29 is 9.90 Å². The van der Waals surface area contributed by atoms with Crippen molar-refractivity contribution in [3.05, 3.63) is 29.6 Å². The number of carboxylic acids is 1. The van der Waals surface area contributed by atoms with E-state index in [9.17, 15) is 4.79 Å². The zero-order chi connectivity index (χ0) is 13.1. The molecule has 2 aromatic rings. The van der Waals surface area contributed by atoms with Crippen LogP contribution in [0.1, 0.15) is 23.1 Å². The second-order valence-corrected chi connectivity index (χ2v) is 5.02. The van der Waals surface area contributed by atoms with Gasteiger partial charge in [-0.25, -0.2) is 9.78 Å². The Bertz CT molecular complexity index is 578. The third-order valence-electron chi connectivity index (χ3n) is 2.91. The van der Waals surface area contributed by atoms with Crippen LogP contribution in [-0.4, -0.2) is 32.6 Å². The number of carboxylic acid groups (broad SMARTS) is 1. The molecule has 0 fully saturated rings. The SMILES string of the molecule is CCc1nc2ccc(C(=O)O)cc2n1CCSC. The number of fused-ring (bicyclic) bond motifs is 1. The average molecular weight is 264 g/mol. The van der Waals surface area contributed by atoms with Crippen molar-refractivity contribution in [2.75, 3.05) is 12.0 Å². The van der Waals surface area contributed by atoms with Crippen LogP contribution in [0.15, 0.2) is 18.2 Å². The summed E-state index contributed by atoms with van der Waals surface area (Å²) in [6, 6.07) is 5.10. The molecule has 4 nitrogen and oxygen atoms in total. The van der Waals surface area contributed by atoms with Crippen LogP contribution >= 0.6 is 11.8 Å². The molecule has 0 radical (unpaired) electrons. The van der Waals surface area contributed by atoms with Gasteiger partial charge in [-0.1, -0.05) is 6.92 Å². The maximum Gasteiger partial charge on any atom is 0.335 e. The number of hydrogen-bond donors (Lipinski definition) is 1. The van der Waals surface area contributed by atoms with Crippen LogP contribution in [0.3, 0.4) is 0 Å². The summed E-state index contributed by atoms with van der Waals surface area (Å²) >= 11 is 1.77. The Kier molecular flexibility index (Phi) is 3.91. The Balaban J connectivity index is 2.55. The molecule has 0 aliphatic heterocycles. The van der Waals surface area contributed by atoms with Crippen LogP contribution < -0.4 is 0 Å². The summed E-state index contributed by atoms with van der Waals surface area (Å²) in [6.45, 7) is 2.93. The van der Waals surface area contributed by atoms with Crippen molar-refractivity contribution in [1.29, 1.82) is 0 Å². The minimum absolute atomic E-state index is 0.315. The van der Waals surface area contributed by atoms with Gasteiger partial charge in [-0.05, 0) is 24.5 Å². The number of hydrogen-bond acceptors (Lipinski definition) is 3. The molecule has 18 heavy (non-hydrogen) atoms. The maximum atomic E-state index is 11.0. The molecule has 0 spiro atoms. The summed E-state index contributed by atoms with van der Waals surface area (Å²) in [5, 5.41) is 9.04. The summed E-state index contributed by atoms with van der Waals surface area (Å²) in [6.07, 6.45) is 2.92. The maximum absolute atomic E-state index is 11.0. The molecular formula is C13H16N2O2S. The topological polar surface area (TPSA) is 55.1 Å². The van der Waals surface area contributed by atoms with Gasteiger partial charge in [0.05, 0.1) is 16.6 Å². The van der Waals surface area contributed by atoms with Crippen LogP contribution in [0.4, 0.5) is 0 Å². The number of aromatic nitrogens is 2. The highest BCUT2D eigenvalue weighted by atomic mass is 32.2. The summed E-state index contributed by atoms with van der Waals surface area (Å²) in [5.74, 6) is 1.12. The van der Waals surface area contributed by atoms with Gasteiger partial charge >= 0.3 is 5.97 Å². The molecule has 0 unspecified atom stereocenters.